The van der Waals surface area contributed by atoms with Gasteiger partial charge in [0.25, 0.3) is 0 Å². The van der Waals surface area contributed by atoms with E-state index in [0.29, 0.717) is 13.1 Å². The van der Waals surface area contributed by atoms with Crippen molar-refractivity contribution in [1.82, 2.24) is 15.6 Å². The predicted molar refractivity (Wildman–Crippen MR) is 107 cm³/mol. The highest BCUT2D eigenvalue weighted by Crippen LogP contribution is 2.18. The van der Waals surface area contributed by atoms with Crippen LogP contribution in [0.15, 0.2) is 35.5 Å². The van der Waals surface area contributed by atoms with Crippen LogP contribution in [0.4, 0.5) is 0 Å². The van der Waals surface area contributed by atoms with Crippen molar-refractivity contribution in [3.8, 4) is 11.5 Å². The molecule has 0 amide bonds. The number of thiazole rings is 1. The molecule has 1 aromatic heterocycles. The lowest BCUT2D eigenvalue weighted by Gasteiger charge is -2.17. The fourth-order valence-corrected chi connectivity index (χ4v) is 3.03. The second-order valence-electron chi connectivity index (χ2n) is 5.75. The first kappa shape index (κ1) is 20.0. The van der Waals surface area contributed by atoms with Crippen molar-refractivity contribution in [3.05, 3.63) is 40.3 Å². The summed E-state index contributed by atoms with van der Waals surface area (Å²) >= 11 is 1.71. The average Bonchev–Trinajstić information content (AvgIpc) is 3.13. The van der Waals surface area contributed by atoms with E-state index in [1.807, 2.05) is 44.3 Å². The van der Waals surface area contributed by atoms with Gasteiger partial charge in [0, 0.05) is 17.6 Å². The predicted octanol–water partition coefficient (Wildman–Crippen LogP) is 3.24. The number of aliphatic imine (C=N–C) groups is 1. The van der Waals surface area contributed by atoms with Crippen molar-refractivity contribution in [2.75, 3.05) is 20.2 Å². The first-order valence-electron chi connectivity index (χ1n) is 8.91. The van der Waals surface area contributed by atoms with Gasteiger partial charge in [0.1, 0.15) is 22.6 Å². The zero-order valence-corrected chi connectivity index (χ0v) is 16.7. The third kappa shape index (κ3) is 6.55. The maximum atomic E-state index is 5.91. The lowest BCUT2D eigenvalue weighted by atomic mass is 10.3. The standard InChI is InChI=1S/C19H28N4O2S/c1-5-17-12-21-18(26-17)13-23-19(20-6-2)22-11-14(3)25-16-9-7-15(24-4)8-10-16/h7-10,12,14H,5-6,11,13H2,1-4H3,(H2,20,22,23). The van der Waals surface area contributed by atoms with Crippen molar-refractivity contribution < 1.29 is 9.47 Å². The highest BCUT2D eigenvalue weighted by Gasteiger charge is 2.07. The number of rotatable bonds is 9. The molecule has 0 saturated heterocycles. The molecule has 142 valence electrons. The quantitative estimate of drug-likeness (QED) is 0.519. The van der Waals surface area contributed by atoms with E-state index in [1.165, 1.54) is 4.88 Å². The number of hydrogen-bond acceptors (Lipinski definition) is 5. The molecular formula is C19H28N4O2S. The second kappa shape index (κ2) is 10.7. The van der Waals surface area contributed by atoms with Crippen LogP contribution in [-0.4, -0.2) is 37.2 Å². The number of nitrogens with one attached hydrogen (secondary N) is 2. The largest absolute Gasteiger partial charge is 0.497 e. The lowest BCUT2D eigenvalue weighted by Crippen LogP contribution is -2.41. The molecular weight excluding hydrogens is 348 g/mol. The van der Waals surface area contributed by atoms with Gasteiger partial charge in [-0.1, -0.05) is 6.92 Å². The van der Waals surface area contributed by atoms with E-state index in [-0.39, 0.29) is 6.10 Å². The molecule has 26 heavy (non-hydrogen) atoms. The van der Waals surface area contributed by atoms with Crippen molar-refractivity contribution >= 4 is 17.3 Å². The summed E-state index contributed by atoms with van der Waals surface area (Å²) in [7, 11) is 1.65. The van der Waals surface area contributed by atoms with E-state index >= 15 is 0 Å². The number of aryl methyl sites for hydroxylation is 1. The monoisotopic (exact) mass is 376 g/mol. The second-order valence-corrected chi connectivity index (χ2v) is 6.95. The Labute approximate surface area is 159 Å². The van der Waals surface area contributed by atoms with Crippen LogP contribution in [0.25, 0.3) is 0 Å². The first-order valence-corrected chi connectivity index (χ1v) is 9.72. The van der Waals surface area contributed by atoms with Gasteiger partial charge in [-0.25, -0.2) is 9.98 Å². The van der Waals surface area contributed by atoms with Crippen LogP contribution < -0.4 is 20.1 Å². The third-order valence-corrected chi connectivity index (χ3v) is 4.75. The summed E-state index contributed by atoms with van der Waals surface area (Å²) in [5.41, 5.74) is 0. The fraction of sp³-hybridized carbons (Fsp3) is 0.474. The number of guanidine groups is 1. The molecule has 1 heterocycles. The zero-order chi connectivity index (χ0) is 18.8. The van der Waals surface area contributed by atoms with Crippen LogP contribution >= 0.6 is 11.3 Å². The topological polar surface area (TPSA) is 67.8 Å². The van der Waals surface area contributed by atoms with Crippen LogP contribution in [0.3, 0.4) is 0 Å². The minimum atomic E-state index is -0.00110. The van der Waals surface area contributed by atoms with E-state index in [2.05, 4.69) is 27.5 Å². The molecule has 0 aliphatic rings. The molecule has 0 saturated carbocycles. The van der Waals surface area contributed by atoms with Gasteiger partial charge >= 0.3 is 0 Å². The van der Waals surface area contributed by atoms with Gasteiger partial charge in [0.2, 0.25) is 0 Å². The number of hydrogen-bond donors (Lipinski definition) is 2. The van der Waals surface area contributed by atoms with Gasteiger partial charge in [-0.05, 0) is 44.5 Å². The molecule has 6 nitrogen and oxygen atoms in total. The van der Waals surface area contributed by atoms with Crippen molar-refractivity contribution in [2.45, 2.75) is 39.8 Å². The SMILES string of the molecule is CCNC(=NCc1ncc(CC)s1)NCC(C)Oc1ccc(OC)cc1. The van der Waals surface area contributed by atoms with Crippen molar-refractivity contribution in [2.24, 2.45) is 4.99 Å². The van der Waals surface area contributed by atoms with E-state index in [4.69, 9.17) is 9.47 Å². The van der Waals surface area contributed by atoms with Crippen LogP contribution in [0.5, 0.6) is 11.5 Å². The Balaban J connectivity index is 1.84. The Morgan fingerprint density at radius 2 is 1.92 bits per heavy atom. The minimum Gasteiger partial charge on any atom is -0.497 e. The van der Waals surface area contributed by atoms with E-state index in [1.54, 1.807) is 18.4 Å². The molecule has 2 aromatic rings. The maximum Gasteiger partial charge on any atom is 0.191 e. The fourth-order valence-electron chi connectivity index (χ4n) is 2.24. The van der Waals surface area contributed by atoms with Crippen LogP contribution in [-0.2, 0) is 13.0 Å². The van der Waals surface area contributed by atoms with Gasteiger partial charge < -0.3 is 20.1 Å². The first-order chi connectivity index (χ1) is 12.6. The Morgan fingerprint density at radius 3 is 2.54 bits per heavy atom. The molecule has 1 aromatic carbocycles. The molecule has 0 fully saturated rings. The van der Waals surface area contributed by atoms with E-state index in [9.17, 15) is 0 Å². The number of ether oxygens (including phenoxy) is 2. The van der Waals surface area contributed by atoms with Crippen molar-refractivity contribution in [1.29, 1.82) is 0 Å². The molecule has 0 aliphatic heterocycles. The number of aromatic nitrogens is 1. The smallest absolute Gasteiger partial charge is 0.191 e. The molecule has 0 spiro atoms. The molecule has 7 heteroatoms. The molecule has 0 bridgehead atoms. The van der Waals surface area contributed by atoms with Gasteiger partial charge in [-0.2, -0.15) is 0 Å². The Morgan fingerprint density at radius 1 is 1.19 bits per heavy atom. The summed E-state index contributed by atoms with van der Waals surface area (Å²) in [5, 5.41) is 7.60. The van der Waals surface area contributed by atoms with Gasteiger partial charge in [-0.3, -0.25) is 0 Å². The Hall–Kier alpha value is -2.28. The molecule has 2 N–H and O–H groups in total. The molecule has 0 radical (unpaired) electrons. The molecule has 1 unspecified atom stereocenters. The third-order valence-electron chi connectivity index (χ3n) is 3.62. The van der Waals surface area contributed by atoms with E-state index < -0.39 is 0 Å². The van der Waals surface area contributed by atoms with Crippen LogP contribution in [0.2, 0.25) is 0 Å². The van der Waals surface area contributed by atoms with Gasteiger partial charge in [0.05, 0.1) is 20.2 Å². The number of methoxy groups -OCH3 is 1. The zero-order valence-electron chi connectivity index (χ0n) is 15.9. The van der Waals surface area contributed by atoms with Crippen LogP contribution in [0.1, 0.15) is 30.7 Å². The molecule has 0 aliphatic carbocycles. The summed E-state index contributed by atoms with van der Waals surface area (Å²) in [4.78, 5) is 10.3. The highest BCUT2D eigenvalue weighted by atomic mass is 32.1. The summed E-state index contributed by atoms with van der Waals surface area (Å²) in [5.74, 6) is 2.40. The molecule has 2 rings (SSSR count). The molecule has 1 atom stereocenters. The Kier molecular flexibility index (Phi) is 8.21. The normalized spacial score (nSPS) is 12.5. The average molecular weight is 377 g/mol. The summed E-state index contributed by atoms with van der Waals surface area (Å²) in [6, 6.07) is 7.59. The number of nitrogens with zero attached hydrogens (tertiary/aromatic N) is 2. The summed E-state index contributed by atoms with van der Waals surface area (Å²) in [6.45, 7) is 8.24. The van der Waals surface area contributed by atoms with Crippen LogP contribution in [0, 0.1) is 0 Å². The minimum absolute atomic E-state index is 0.00110. The summed E-state index contributed by atoms with van der Waals surface area (Å²) < 4.78 is 11.1. The van der Waals surface area contributed by atoms with Crippen molar-refractivity contribution in [3.63, 3.8) is 0 Å². The van der Waals surface area contributed by atoms with Gasteiger partial charge in [0.15, 0.2) is 5.96 Å². The number of benzene rings is 1. The van der Waals surface area contributed by atoms with Gasteiger partial charge in [-0.15, -0.1) is 11.3 Å². The Bertz CT molecular complexity index is 685. The highest BCUT2D eigenvalue weighted by molar-refractivity contribution is 7.11. The maximum absolute atomic E-state index is 5.91. The van der Waals surface area contributed by atoms with E-state index in [0.717, 1.165) is 35.4 Å². The lowest BCUT2D eigenvalue weighted by molar-refractivity contribution is 0.223. The summed E-state index contributed by atoms with van der Waals surface area (Å²) in [6.07, 6.45) is 2.94.